The second-order valence-corrected chi connectivity index (χ2v) is 8.94. The molecule has 0 atom stereocenters. The highest BCUT2D eigenvalue weighted by molar-refractivity contribution is 7.80. The van der Waals surface area contributed by atoms with Crippen molar-refractivity contribution in [1.82, 2.24) is 5.32 Å². The molecule has 5 rings (SSSR count). The number of carbonyl (C=O) groups is 1. The summed E-state index contributed by atoms with van der Waals surface area (Å²) in [6, 6.07) is 25.0. The van der Waals surface area contributed by atoms with Crippen molar-refractivity contribution in [3.63, 3.8) is 0 Å². The number of thiocarbonyl (C=S) groups is 1. The molecule has 2 heterocycles. The zero-order chi connectivity index (χ0) is 25.2. The molecule has 0 saturated heterocycles. The molecule has 0 aliphatic rings. The van der Waals surface area contributed by atoms with Crippen molar-refractivity contribution >= 4 is 51.5 Å². The molecule has 0 bridgehead atoms. The summed E-state index contributed by atoms with van der Waals surface area (Å²) in [7, 11) is 0. The Labute approximate surface area is 216 Å². The third kappa shape index (κ3) is 4.93. The number of benzene rings is 3. The SMILES string of the molecule is Cc1ccc(-c2cc3ccccc3oc2=O)cc1NC(=S)NC(=O)c1ccc(-c2ccc(Cl)cc2)o1. The molecule has 1 amide bonds. The highest BCUT2D eigenvalue weighted by atomic mass is 35.5. The van der Waals surface area contributed by atoms with E-state index in [4.69, 9.17) is 32.7 Å². The number of amides is 1. The van der Waals surface area contributed by atoms with Gasteiger partial charge in [0.2, 0.25) is 0 Å². The van der Waals surface area contributed by atoms with Crippen LogP contribution in [-0.4, -0.2) is 11.0 Å². The van der Waals surface area contributed by atoms with Gasteiger partial charge in [-0.1, -0.05) is 41.9 Å². The fourth-order valence-corrected chi connectivity index (χ4v) is 4.06. The second kappa shape index (κ2) is 9.81. The van der Waals surface area contributed by atoms with Crippen LogP contribution in [-0.2, 0) is 0 Å². The maximum atomic E-state index is 12.7. The van der Waals surface area contributed by atoms with E-state index in [0.717, 1.165) is 16.5 Å². The lowest BCUT2D eigenvalue weighted by atomic mass is 10.0. The lowest BCUT2D eigenvalue weighted by Crippen LogP contribution is -2.34. The van der Waals surface area contributed by atoms with Gasteiger partial charge in [0.1, 0.15) is 11.3 Å². The fourth-order valence-electron chi connectivity index (χ4n) is 3.73. The molecule has 2 aromatic heterocycles. The number of nitrogens with one attached hydrogen (secondary N) is 2. The average molecular weight is 515 g/mol. The maximum absolute atomic E-state index is 12.7. The number of hydrogen-bond acceptors (Lipinski definition) is 5. The molecule has 5 aromatic rings. The summed E-state index contributed by atoms with van der Waals surface area (Å²) in [6.07, 6.45) is 0. The highest BCUT2D eigenvalue weighted by Gasteiger charge is 2.15. The minimum Gasteiger partial charge on any atom is -0.451 e. The van der Waals surface area contributed by atoms with E-state index in [-0.39, 0.29) is 10.9 Å². The molecule has 36 heavy (non-hydrogen) atoms. The first-order valence-electron chi connectivity index (χ1n) is 11.0. The Balaban J connectivity index is 1.32. The Hall–Kier alpha value is -4.20. The first kappa shape index (κ1) is 23.5. The van der Waals surface area contributed by atoms with Gasteiger partial charge in [0.15, 0.2) is 10.9 Å². The van der Waals surface area contributed by atoms with Gasteiger partial charge in [0.05, 0.1) is 5.56 Å². The van der Waals surface area contributed by atoms with Crippen LogP contribution in [0.1, 0.15) is 16.1 Å². The number of furan rings is 1. The lowest BCUT2D eigenvalue weighted by molar-refractivity contribution is 0.0951. The van der Waals surface area contributed by atoms with Crippen molar-refractivity contribution in [1.29, 1.82) is 0 Å². The molecule has 2 N–H and O–H groups in total. The molecule has 0 aliphatic carbocycles. The van der Waals surface area contributed by atoms with E-state index in [1.54, 1.807) is 54.6 Å². The van der Waals surface area contributed by atoms with Gasteiger partial charge in [0.25, 0.3) is 5.91 Å². The van der Waals surface area contributed by atoms with Gasteiger partial charge in [0, 0.05) is 21.7 Å². The third-order valence-corrected chi connectivity index (χ3v) is 6.08. The molecule has 0 unspecified atom stereocenters. The van der Waals surface area contributed by atoms with E-state index in [1.165, 1.54) is 0 Å². The summed E-state index contributed by atoms with van der Waals surface area (Å²) < 4.78 is 11.1. The van der Waals surface area contributed by atoms with Crippen LogP contribution in [0.25, 0.3) is 33.4 Å². The topological polar surface area (TPSA) is 84.5 Å². The minimum absolute atomic E-state index is 0.0928. The van der Waals surface area contributed by atoms with Crippen LogP contribution in [0.4, 0.5) is 5.69 Å². The van der Waals surface area contributed by atoms with Crippen LogP contribution in [0, 0.1) is 6.92 Å². The van der Waals surface area contributed by atoms with Gasteiger partial charge in [-0.05, 0) is 84.9 Å². The summed E-state index contributed by atoms with van der Waals surface area (Å²) in [5.41, 5.74) is 3.50. The summed E-state index contributed by atoms with van der Waals surface area (Å²) in [4.78, 5) is 25.3. The zero-order valence-electron chi connectivity index (χ0n) is 19.0. The van der Waals surface area contributed by atoms with E-state index < -0.39 is 11.5 Å². The number of hydrogen-bond donors (Lipinski definition) is 2. The van der Waals surface area contributed by atoms with Crippen molar-refractivity contribution in [2.45, 2.75) is 6.92 Å². The molecule has 0 radical (unpaired) electrons. The van der Waals surface area contributed by atoms with Gasteiger partial charge in [-0.25, -0.2) is 4.79 Å². The van der Waals surface area contributed by atoms with Crippen LogP contribution >= 0.6 is 23.8 Å². The smallest absolute Gasteiger partial charge is 0.344 e. The number of anilines is 1. The van der Waals surface area contributed by atoms with E-state index >= 15 is 0 Å². The van der Waals surface area contributed by atoms with Gasteiger partial charge in [-0.3, -0.25) is 10.1 Å². The van der Waals surface area contributed by atoms with Gasteiger partial charge in [-0.15, -0.1) is 0 Å². The van der Waals surface area contributed by atoms with Crippen LogP contribution < -0.4 is 16.3 Å². The van der Waals surface area contributed by atoms with Crippen LogP contribution in [0.3, 0.4) is 0 Å². The summed E-state index contributed by atoms with van der Waals surface area (Å²) in [5.74, 6) is 0.161. The molecular weight excluding hydrogens is 496 g/mol. The third-order valence-electron chi connectivity index (χ3n) is 5.62. The van der Waals surface area contributed by atoms with Gasteiger partial charge >= 0.3 is 5.63 Å². The number of halogens is 1. The van der Waals surface area contributed by atoms with Gasteiger partial charge < -0.3 is 14.2 Å². The molecule has 0 saturated carbocycles. The fraction of sp³-hybridized carbons (Fsp3) is 0.0357. The average Bonchev–Trinajstić information content (AvgIpc) is 3.36. The first-order valence-corrected chi connectivity index (χ1v) is 11.8. The predicted octanol–water partition coefficient (Wildman–Crippen LogP) is 6.81. The Bertz CT molecular complexity index is 1670. The number of fused-ring (bicyclic) bond motifs is 1. The van der Waals surface area contributed by atoms with E-state index in [1.807, 2.05) is 37.3 Å². The molecule has 8 heteroatoms. The van der Waals surface area contributed by atoms with Crippen molar-refractivity contribution in [3.8, 4) is 22.5 Å². The Morgan fingerprint density at radius 3 is 2.44 bits per heavy atom. The summed E-state index contributed by atoms with van der Waals surface area (Å²) in [6.45, 7) is 1.89. The molecule has 0 aliphatic heterocycles. The quantitative estimate of drug-likeness (QED) is 0.202. The molecular formula is C28H19ClN2O4S. The minimum atomic E-state index is -0.489. The lowest BCUT2D eigenvalue weighted by Gasteiger charge is -2.13. The molecule has 178 valence electrons. The van der Waals surface area contributed by atoms with Crippen LogP contribution in [0.5, 0.6) is 0 Å². The van der Waals surface area contributed by atoms with Crippen molar-refractivity contribution < 1.29 is 13.6 Å². The summed E-state index contributed by atoms with van der Waals surface area (Å²) >= 11 is 11.3. The molecule has 3 aromatic carbocycles. The first-order chi connectivity index (χ1) is 17.4. The zero-order valence-corrected chi connectivity index (χ0v) is 20.6. The number of carbonyl (C=O) groups excluding carboxylic acids is 1. The Morgan fingerprint density at radius 1 is 0.889 bits per heavy atom. The second-order valence-electron chi connectivity index (χ2n) is 8.09. The normalized spacial score (nSPS) is 10.8. The largest absolute Gasteiger partial charge is 0.451 e. The summed E-state index contributed by atoms with van der Waals surface area (Å²) in [5, 5.41) is 7.18. The number of aryl methyl sites for hydroxylation is 1. The van der Waals surface area contributed by atoms with Crippen molar-refractivity contribution in [2.24, 2.45) is 0 Å². The standard InChI is InChI=1S/C28H19ClN2O4S/c1-16-6-7-18(21-14-19-4-2-3-5-23(19)35-27(21)33)15-22(16)30-28(36)31-26(32)25-13-12-24(34-25)17-8-10-20(29)11-9-17/h2-15H,1H3,(H2,30,31,32,36). The highest BCUT2D eigenvalue weighted by Crippen LogP contribution is 2.26. The van der Waals surface area contributed by atoms with E-state index in [2.05, 4.69) is 10.6 Å². The van der Waals surface area contributed by atoms with E-state index in [0.29, 0.717) is 33.2 Å². The van der Waals surface area contributed by atoms with Crippen molar-refractivity contribution in [3.05, 3.63) is 112 Å². The van der Waals surface area contributed by atoms with Crippen molar-refractivity contribution in [2.75, 3.05) is 5.32 Å². The van der Waals surface area contributed by atoms with E-state index in [9.17, 15) is 9.59 Å². The Kier molecular flexibility index (Phi) is 6.41. The molecule has 0 spiro atoms. The number of rotatable bonds is 4. The monoisotopic (exact) mass is 514 g/mol. The van der Waals surface area contributed by atoms with Crippen LogP contribution in [0.15, 0.2) is 98.6 Å². The van der Waals surface area contributed by atoms with Gasteiger partial charge in [-0.2, -0.15) is 0 Å². The maximum Gasteiger partial charge on any atom is 0.344 e. The number of para-hydroxylation sites is 1. The molecule has 0 fully saturated rings. The van der Waals surface area contributed by atoms with Crippen LogP contribution in [0.2, 0.25) is 5.02 Å². The molecule has 6 nitrogen and oxygen atoms in total. The predicted molar refractivity (Wildman–Crippen MR) is 145 cm³/mol. The Morgan fingerprint density at radius 2 is 1.64 bits per heavy atom.